The highest BCUT2D eigenvalue weighted by atomic mass is 35.5. The predicted octanol–water partition coefficient (Wildman–Crippen LogP) is 4.00. The number of carbonyl (C=O) groups is 2. The molecule has 0 spiro atoms. The lowest BCUT2D eigenvalue weighted by Crippen LogP contribution is -2.43. The molecule has 5 nitrogen and oxygen atoms in total. The van der Waals surface area contributed by atoms with Gasteiger partial charge in [0.1, 0.15) is 0 Å². The van der Waals surface area contributed by atoms with E-state index in [1.165, 1.54) is 6.08 Å². The van der Waals surface area contributed by atoms with Crippen LogP contribution in [-0.2, 0) is 9.59 Å². The van der Waals surface area contributed by atoms with Crippen molar-refractivity contribution in [2.45, 2.75) is 33.6 Å². The monoisotopic (exact) mass is 439 g/mol. The third-order valence-corrected chi connectivity index (χ3v) is 5.42. The smallest absolute Gasteiger partial charge is 0.244 e. The fraction of sp³-hybridized carbons (Fsp3) is 0.545. The second-order valence-electron chi connectivity index (χ2n) is 8.57. The Morgan fingerprint density at radius 1 is 1.10 bits per heavy atom. The Kier molecular flexibility index (Phi) is 9.00. The Bertz CT molecular complexity index is 716. The summed E-state index contributed by atoms with van der Waals surface area (Å²) in [6.07, 6.45) is 5.30. The highest BCUT2D eigenvalue weighted by Crippen LogP contribution is 2.20. The molecule has 0 saturated carbocycles. The number of amides is 2. The molecular formula is C22H31Cl2N3O2. The number of piperidine rings is 1. The average molecular weight is 440 g/mol. The van der Waals surface area contributed by atoms with Crippen molar-refractivity contribution >= 4 is 41.1 Å². The van der Waals surface area contributed by atoms with Crippen molar-refractivity contribution in [1.29, 1.82) is 0 Å². The maximum absolute atomic E-state index is 12.1. The summed E-state index contributed by atoms with van der Waals surface area (Å²) in [5, 5.41) is 7.06. The highest BCUT2D eigenvalue weighted by Gasteiger charge is 2.22. The number of halogens is 2. The number of hydrogen-bond donors (Lipinski definition) is 2. The summed E-state index contributed by atoms with van der Waals surface area (Å²) in [7, 11) is 0. The summed E-state index contributed by atoms with van der Waals surface area (Å²) >= 11 is 11.9. The minimum absolute atomic E-state index is 0.0863. The van der Waals surface area contributed by atoms with Crippen molar-refractivity contribution in [3.8, 4) is 0 Å². The molecule has 29 heavy (non-hydrogen) atoms. The van der Waals surface area contributed by atoms with Gasteiger partial charge < -0.3 is 15.5 Å². The maximum atomic E-state index is 12.1. The Morgan fingerprint density at radius 3 is 2.31 bits per heavy atom. The van der Waals surface area contributed by atoms with E-state index in [0.29, 0.717) is 29.1 Å². The molecular weight excluding hydrogens is 409 g/mol. The van der Waals surface area contributed by atoms with Gasteiger partial charge in [0, 0.05) is 41.2 Å². The number of carbonyl (C=O) groups excluding carboxylic acids is 2. The van der Waals surface area contributed by atoms with E-state index in [0.717, 1.165) is 38.0 Å². The van der Waals surface area contributed by atoms with Gasteiger partial charge in [-0.15, -0.1) is 0 Å². The number of likely N-dealkylation sites (tertiary alicyclic amines) is 1. The third kappa shape index (κ3) is 8.77. The van der Waals surface area contributed by atoms with Gasteiger partial charge in [0.05, 0.1) is 0 Å². The van der Waals surface area contributed by atoms with Crippen molar-refractivity contribution in [3.63, 3.8) is 0 Å². The molecule has 1 saturated heterocycles. The van der Waals surface area contributed by atoms with E-state index in [1.54, 1.807) is 24.3 Å². The molecule has 0 atom stereocenters. The van der Waals surface area contributed by atoms with Crippen LogP contribution in [-0.4, -0.2) is 49.4 Å². The van der Waals surface area contributed by atoms with E-state index in [4.69, 9.17) is 23.2 Å². The minimum atomic E-state index is -0.349. The second-order valence-corrected chi connectivity index (χ2v) is 9.45. The molecule has 1 aromatic carbocycles. The van der Waals surface area contributed by atoms with Crippen LogP contribution in [0.3, 0.4) is 0 Å². The fourth-order valence-electron chi connectivity index (χ4n) is 3.15. The van der Waals surface area contributed by atoms with Gasteiger partial charge in [-0.2, -0.15) is 0 Å². The van der Waals surface area contributed by atoms with Crippen LogP contribution in [0, 0.1) is 11.3 Å². The topological polar surface area (TPSA) is 61.4 Å². The highest BCUT2D eigenvalue weighted by molar-refractivity contribution is 6.34. The molecule has 0 bridgehead atoms. The molecule has 1 fully saturated rings. The maximum Gasteiger partial charge on any atom is 0.244 e. The molecule has 1 aliphatic heterocycles. The molecule has 0 unspecified atom stereocenters. The first-order valence-corrected chi connectivity index (χ1v) is 10.8. The lowest BCUT2D eigenvalue weighted by Gasteiger charge is -2.32. The Hall–Kier alpha value is -1.56. The number of rotatable bonds is 7. The van der Waals surface area contributed by atoms with Crippen LogP contribution in [0.25, 0.3) is 6.08 Å². The molecule has 2 N–H and O–H groups in total. The van der Waals surface area contributed by atoms with E-state index in [1.807, 2.05) is 20.8 Å². The SMILES string of the molecule is CC(C)(C)C(=O)NCCN1CCC(CNC(=O)C=Cc2cc(Cl)cc(Cl)c2)CC1. The van der Waals surface area contributed by atoms with Crippen LogP contribution in [0.15, 0.2) is 24.3 Å². The summed E-state index contributed by atoms with van der Waals surface area (Å²) < 4.78 is 0. The number of nitrogens with zero attached hydrogens (tertiary/aromatic N) is 1. The third-order valence-electron chi connectivity index (χ3n) is 4.98. The van der Waals surface area contributed by atoms with Gasteiger partial charge in [0.25, 0.3) is 0 Å². The predicted molar refractivity (Wildman–Crippen MR) is 120 cm³/mol. The molecule has 2 amide bonds. The van der Waals surface area contributed by atoms with Crippen LogP contribution >= 0.6 is 23.2 Å². The summed E-state index contributed by atoms with van der Waals surface area (Å²) in [6, 6.07) is 5.18. The first-order chi connectivity index (χ1) is 13.6. The normalized spacial score (nSPS) is 16.2. The van der Waals surface area contributed by atoms with Gasteiger partial charge in [-0.3, -0.25) is 9.59 Å². The quantitative estimate of drug-likeness (QED) is 0.631. The zero-order valence-corrected chi connectivity index (χ0v) is 18.9. The summed E-state index contributed by atoms with van der Waals surface area (Å²) in [5.74, 6) is 0.449. The molecule has 160 valence electrons. The first kappa shape index (κ1) is 23.7. The van der Waals surface area contributed by atoms with Gasteiger partial charge in [-0.25, -0.2) is 0 Å². The molecule has 0 aromatic heterocycles. The average Bonchev–Trinajstić information content (AvgIpc) is 2.64. The van der Waals surface area contributed by atoms with E-state index in [9.17, 15) is 9.59 Å². The summed E-state index contributed by atoms with van der Waals surface area (Å²) in [6.45, 7) is 9.95. The first-order valence-electron chi connectivity index (χ1n) is 10.1. The zero-order valence-electron chi connectivity index (χ0n) is 17.4. The van der Waals surface area contributed by atoms with Gasteiger partial charge in [-0.05, 0) is 61.7 Å². The molecule has 7 heteroatoms. The molecule has 2 rings (SSSR count). The van der Waals surface area contributed by atoms with E-state index in [2.05, 4.69) is 15.5 Å². The van der Waals surface area contributed by atoms with Gasteiger partial charge in [-0.1, -0.05) is 44.0 Å². The number of benzene rings is 1. The fourth-order valence-corrected chi connectivity index (χ4v) is 3.70. The van der Waals surface area contributed by atoms with Crippen LogP contribution in [0.2, 0.25) is 10.0 Å². The van der Waals surface area contributed by atoms with Crippen LogP contribution in [0.4, 0.5) is 0 Å². The molecule has 1 aliphatic rings. The van der Waals surface area contributed by atoms with Crippen LogP contribution in [0.1, 0.15) is 39.2 Å². The molecule has 1 heterocycles. The number of hydrogen-bond acceptors (Lipinski definition) is 3. The largest absolute Gasteiger partial charge is 0.354 e. The standard InChI is InChI=1S/C22H31Cl2N3O2/c1-22(2,3)21(29)25-8-11-27-9-6-16(7-10-27)15-26-20(28)5-4-17-12-18(23)14-19(24)13-17/h4-5,12-14,16H,6-11,15H2,1-3H3,(H,25,29)(H,26,28). The van der Waals surface area contributed by atoms with Gasteiger partial charge >= 0.3 is 0 Å². The van der Waals surface area contributed by atoms with Gasteiger partial charge in [0.2, 0.25) is 11.8 Å². The molecule has 0 radical (unpaired) electrons. The lowest BCUT2D eigenvalue weighted by atomic mass is 9.95. The zero-order chi connectivity index (χ0) is 21.4. The Labute approximate surface area is 183 Å². The second kappa shape index (κ2) is 11.0. The Morgan fingerprint density at radius 2 is 1.72 bits per heavy atom. The molecule has 1 aromatic rings. The molecule has 0 aliphatic carbocycles. The van der Waals surface area contributed by atoms with Crippen molar-refractivity contribution < 1.29 is 9.59 Å². The lowest BCUT2D eigenvalue weighted by molar-refractivity contribution is -0.128. The number of nitrogens with one attached hydrogen (secondary N) is 2. The Balaban J connectivity index is 1.64. The van der Waals surface area contributed by atoms with Crippen LogP contribution < -0.4 is 10.6 Å². The van der Waals surface area contributed by atoms with Crippen molar-refractivity contribution in [1.82, 2.24) is 15.5 Å². The van der Waals surface area contributed by atoms with E-state index in [-0.39, 0.29) is 17.2 Å². The van der Waals surface area contributed by atoms with Crippen molar-refractivity contribution in [2.24, 2.45) is 11.3 Å². The minimum Gasteiger partial charge on any atom is -0.354 e. The van der Waals surface area contributed by atoms with E-state index >= 15 is 0 Å². The van der Waals surface area contributed by atoms with Crippen LogP contribution in [0.5, 0.6) is 0 Å². The van der Waals surface area contributed by atoms with Crippen molar-refractivity contribution in [3.05, 3.63) is 39.9 Å². The van der Waals surface area contributed by atoms with Crippen molar-refractivity contribution in [2.75, 3.05) is 32.7 Å². The van der Waals surface area contributed by atoms with E-state index < -0.39 is 0 Å². The summed E-state index contributed by atoms with van der Waals surface area (Å²) in [4.78, 5) is 26.3. The summed E-state index contributed by atoms with van der Waals surface area (Å²) in [5.41, 5.74) is 0.447. The van der Waals surface area contributed by atoms with Gasteiger partial charge in [0.15, 0.2) is 0 Å².